The lowest BCUT2D eigenvalue weighted by molar-refractivity contribution is -0.130. The van der Waals surface area contributed by atoms with Crippen LogP contribution in [0, 0.1) is 0 Å². The molecule has 5 rings (SSSR count). The Kier molecular flexibility index (Phi) is 6.31. The standard InChI is InChI=1S/C26H23N5O2S/c1-30(24(32)15-14-23-27-26(29-33-23)22-13-8-16-34-22)17-20-18-31(21-11-6-3-7-12-21)28-25(20)19-9-4-2-5-10-19/h2-13,16,18H,14-15,17H2,1H3. The van der Waals surface area contributed by atoms with E-state index in [1.807, 2.05) is 96.1 Å². The maximum Gasteiger partial charge on any atom is 0.227 e. The lowest BCUT2D eigenvalue weighted by Gasteiger charge is -2.16. The molecule has 0 aliphatic carbocycles. The monoisotopic (exact) mass is 469 g/mol. The van der Waals surface area contributed by atoms with Crippen molar-refractivity contribution in [1.29, 1.82) is 0 Å². The third kappa shape index (κ3) is 4.82. The number of hydrogen-bond donors (Lipinski definition) is 0. The van der Waals surface area contributed by atoms with Gasteiger partial charge in [-0.15, -0.1) is 11.3 Å². The second-order valence-electron chi connectivity index (χ2n) is 7.89. The van der Waals surface area contributed by atoms with Crippen LogP contribution in [0.4, 0.5) is 0 Å². The zero-order valence-electron chi connectivity index (χ0n) is 18.7. The molecule has 0 unspecified atom stereocenters. The Bertz CT molecular complexity index is 1360. The summed E-state index contributed by atoms with van der Waals surface area (Å²) in [5.74, 6) is 1.03. The number of rotatable bonds is 8. The molecule has 5 aromatic rings. The molecule has 0 atom stereocenters. The summed E-state index contributed by atoms with van der Waals surface area (Å²) >= 11 is 1.55. The van der Waals surface area contributed by atoms with E-state index in [-0.39, 0.29) is 12.3 Å². The number of hydrogen-bond acceptors (Lipinski definition) is 6. The van der Waals surface area contributed by atoms with Crippen molar-refractivity contribution in [2.24, 2.45) is 0 Å². The highest BCUT2D eigenvalue weighted by Crippen LogP contribution is 2.25. The number of nitrogens with zero attached hydrogens (tertiary/aromatic N) is 5. The van der Waals surface area contributed by atoms with Crippen LogP contribution in [0.1, 0.15) is 17.9 Å². The van der Waals surface area contributed by atoms with Gasteiger partial charge < -0.3 is 9.42 Å². The SMILES string of the molecule is CN(Cc1cn(-c2ccccc2)nc1-c1ccccc1)C(=O)CCc1nc(-c2cccs2)no1. The van der Waals surface area contributed by atoms with Gasteiger partial charge in [-0.05, 0) is 23.6 Å². The molecule has 34 heavy (non-hydrogen) atoms. The fourth-order valence-corrected chi connectivity index (χ4v) is 4.34. The summed E-state index contributed by atoms with van der Waals surface area (Å²) in [7, 11) is 1.81. The van der Waals surface area contributed by atoms with Gasteiger partial charge in [0.1, 0.15) is 0 Å². The third-order valence-electron chi connectivity index (χ3n) is 5.45. The van der Waals surface area contributed by atoms with Crippen molar-refractivity contribution in [1.82, 2.24) is 24.8 Å². The third-order valence-corrected chi connectivity index (χ3v) is 6.32. The van der Waals surface area contributed by atoms with E-state index in [4.69, 9.17) is 9.62 Å². The lowest BCUT2D eigenvalue weighted by atomic mass is 10.1. The summed E-state index contributed by atoms with van der Waals surface area (Å²) in [5, 5.41) is 10.8. The van der Waals surface area contributed by atoms with Crippen molar-refractivity contribution in [2.75, 3.05) is 7.05 Å². The van der Waals surface area contributed by atoms with Crippen LogP contribution >= 0.6 is 11.3 Å². The van der Waals surface area contributed by atoms with Gasteiger partial charge in [-0.1, -0.05) is 59.8 Å². The molecule has 7 nitrogen and oxygen atoms in total. The van der Waals surface area contributed by atoms with Crippen LogP contribution in [0.15, 0.2) is 88.9 Å². The Balaban J connectivity index is 1.30. The minimum Gasteiger partial charge on any atom is -0.341 e. The molecular weight excluding hydrogens is 446 g/mol. The van der Waals surface area contributed by atoms with E-state index in [2.05, 4.69) is 10.1 Å². The topological polar surface area (TPSA) is 77.1 Å². The molecule has 0 radical (unpaired) electrons. The maximum absolute atomic E-state index is 12.9. The van der Waals surface area contributed by atoms with Gasteiger partial charge in [0, 0.05) is 43.8 Å². The minimum absolute atomic E-state index is 0.00217. The summed E-state index contributed by atoms with van der Waals surface area (Å²) in [6.07, 6.45) is 2.68. The first-order valence-corrected chi connectivity index (χ1v) is 11.8. The van der Waals surface area contributed by atoms with E-state index in [1.54, 1.807) is 16.2 Å². The van der Waals surface area contributed by atoms with Gasteiger partial charge in [-0.3, -0.25) is 4.79 Å². The van der Waals surface area contributed by atoms with E-state index in [9.17, 15) is 4.79 Å². The van der Waals surface area contributed by atoms with Crippen molar-refractivity contribution in [2.45, 2.75) is 19.4 Å². The van der Waals surface area contributed by atoms with Gasteiger partial charge in [0.2, 0.25) is 17.6 Å². The molecule has 0 bridgehead atoms. The maximum atomic E-state index is 12.9. The van der Waals surface area contributed by atoms with Crippen LogP contribution in [0.25, 0.3) is 27.6 Å². The largest absolute Gasteiger partial charge is 0.341 e. The van der Waals surface area contributed by atoms with Crippen molar-refractivity contribution in [3.63, 3.8) is 0 Å². The Morgan fingerprint density at radius 3 is 2.53 bits per heavy atom. The zero-order chi connectivity index (χ0) is 23.3. The number of carbonyl (C=O) groups is 1. The van der Waals surface area contributed by atoms with Crippen LogP contribution in [0.3, 0.4) is 0 Å². The molecule has 8 heteroatoms. The molecule has 0 N–H and O–H groups in total. The van der Waals surface area contributed by atoms with E-state index < -0.39 is 0 Å². The Hall–Kier alpha value is -4.04. The number of aryl methyl sites for hydroxylation is 1. The van der Waals surface area contributed by atoms with E-state index in [0.717, 1.165) is 27.4 Å². The van der Waals surface area contributed by atoms with Gasteiger partial charge in [0.15, 0.2) is 0 Å². The highest BCUT2D eigenvalue weighted by Gasteiger charge is 2.18. The van der Waals surface area contributed by atoms with Gasteiger partial charge in [0.05, 0.1) is 16.3 Å². The molecule has 0 saturated heterocycles. The lowest BCUT2D eigenvalue weighted by Crippen LogP contribution is -2.26. The molecule has 3 aromatic heterocycles. The van der Waals surface area contributed by atoms with Gasteiger partial charge in [-0.25, -0.2) is 4.68 Å². The summed E-state index contributed by atoms with van der Waals surface area (Å²) < 4.78 is 7.19. The smallest absolute Gasteiger partial charge is 0.227 e. The first-order chi connectivity index (χ1) is 16.7. The van der Waals surface area contributed by atoms with Crippen LogP contribution in [0.2, 0.25) is 0 Å². The first-order valence-electron chi connectivity index (χ1n) is 11.0. The highest BCUT2D eigenvalue weighted by molar-refractivity contribution is 7.13. The Morgan fingerprint density at radius 1 is 1.03 bits per heavy atom. The van der Waals surface area contributed by atoms with Crippen molar-refractivity contribution >= 4 is 17.2 Å². The molecule has 2 aromatic carbocycles. The average Bonchev–Trinajstić information content (AvgIpc) is 3.64. The molecule has 0 aliphatic heterocycles. The Labute approximate surface area is 201 Å². The van der Waals surface area contributed by atoms with Gasteiger partial charge in [0.25, 0.3) is 0 Å². The number of para-hydroxylation sites is 1. The average molecular weight is 470 g/mol. The second-order valence-corrected chi connectivity index (χ2v) is 8.84. The molecule has 1 amide bonds. The molecule has 0 saturated carbocycles. The molecule has 0 aliphatic rings. The number of thiophene rings is 1. The predicted octanol–water partition coefficient (Wildman–Crippen LogP) is 5.24. The normalized spacial score (nSPS) is 11.0. The number of carbonyl (C=O) groups excluding carboxylic acids is 1. The van der Waals surface area contributed by atoms with Crippen LogP contribution in [-0.2, 0) is 17.8 Å². The van der Waals surface area contributed by atoms with Crippen LogP contribution < -0.4 is 0 Å². The number of amides is 1. The van der Waals surface area contributed by atoms with Crippen molar-refractivity contribution in [3.05, 3.63) is 95.8 Å². The summed E-state index contributed by atoms with van der Waals surface area (Å²) in [6, 6.07) is 23.9. The van der Waals surface area contributed by atoms with E-state index in [1.165, 1.54) is 0 Å². The first kappa shape index (κ1) is 21.8. The second kappa shape index (κ2) is 9.84. The van der Waals surface area contributed by atoms with Crippen LogP contribution in [-0.4, -0.2) is 37.8 Å². The summed E-state index contributed by atoms with van der Waals surface area (Å²) in [4.78, 5) is 20.0. The fraction of sp³-hybridized carbons (Fsp3) is 0.154. The molecule has 3 heterocycles. The van der Waals surface area contributed by atoms with Crippen LogP contribution in [0.5, 0.6) is 0 Å². The van der Waals surface area contributed by atoms with Crippen molar-refractivity contribution in [3.8, 4) is 27.6 Å². The highest BCUT2D eigenvalue weighted by atomic mass is 32.1. The quantitative estimate of drug-likeness (QED) is 0.311. The fourth-order valence-electron chi connectivity index (χ4n) is 3.69. The number of aromatic nitrogens is 4. The van der Waals surface area contributed by atoms with E-state index in [0.29, 0.717) is 24.7 Å². The van der Waals surface area contributed by atoms with Crippen molar-refractivity contribution < 1.29 is 9.32 Å². The minimum atomic E-state index is 0.00217. The molecular formula is C26H23N5O2S. The summed E-state index contributed by atoms with van der Waals surface area (Å²) in [6.45, 7) is 0.445. The molecule has 170 valence electrons. The molecule has 0 spiro atoms. The van der Waals surface area contributed by atoms with E-state index >= 15 is 0 Å². The predicted molar refractivity (Wildman–Crippen MR) is 131 cm³/mol. The molecule has 0 fully saturated rings. The zero-order valence-corrected chi connectivity index (χ0v) is 19.5. The number of benzene rings is 2. The summed E-state index contributed by atoms with van der Waals surface area (Å²) in [5.41, 5.74) is 3.82. The van der Waals surface area contributed by atoms with Gasteiger partial charge in [-0.2, -0.15) is 10.1 Å². The Morgan fingerprint density at radius 2 is 1.79 bits per heavy atom. The van der Waals surface area contributed by atoms with Gasteiger partial charge >= 0.3 is 0 Å².